The van der Waals surface area contributed by atoms with Gasteiger partial charge < -0.3 is 16.2 Å². The average molecular weight is 275 g/mol. The van der Waals surface area contributed by atoms with Crippen LogP contribution >= 0.6 is 28.1 Å². The first-order valence-corrected chi connectivity index (χ1v) is 4.80. The van der Waals surface area contributed by atoms with Gasteiger partial charge in [0.25, 0.3) is 0 Å². The summed E-state index contributed by atoms with van der Waals surface area (Å²) in [4.78, 5) is 10.6. The van der Waals surface area contributed by atoms with E-state index >= 15 is 0 Å². The van der Waals surface area contributed by atoms with E-state index in [0.29, 0.717) is 10.2 Å². The maximum Gasteiger partial charge on any atom is 0.335 e. The first-order valence-electron chi connectivity index (χ1n) is 3.60. The molecule has 0 unspecified atom stereocenters. The molecule has 0 saturated heterocycles. The van der Waals surface area contributed by atoms with Crippen molar-refractivity contribution in [1.29, 1.82) is 0 Å². The first-order chi connectivity index (χ1) is 6.50. The van der Waals surface area contributed by atoms with Crippen LogP contribution in [0.5, 0.6) is 0 Å². The van der Waals surface area contributed by atoms with Gasteiger partial charge in [0.15, 0.2) is 5.11 Å². The van der Waals surface area contributed by atoms with Gasteiger partial charge in [-0.25, -0.2) is 4.79 Å². The number of hydrogen-bond donors (Lipinski definition) is 3. The van der Waals surface area contributed by atoms with E-state index < -0.39 is 5.97 Å². The van der Waals surface area contributed by atoms with E-state index in [1.807, 2.05) is 0 Å². The van der Waals surface area contributed by atoms with Crippen molar-refractivity contribution in [1.82, 2.24) is 0 Å². The van der Waals surface area contributed by atoms with Crippen LogP contribution in [0.1, 0.15) is 10.4 Å². The number of carboxylic acid groups (broad SMARTS) is 1. The lowest BCUT2D eigenvalue weighted by Crippen LogP contribution is -2.19. The highest BCUT2D eigenvalue weighted by molar-refractivity contribution is 9.10. The Hall–Kier alpha value is -1.14. The Labute approximate surface area is 94.2 Å². The second-order valence-corrected chi connectivity index (χ2v) is 3.78. The molecular formula is C8H7BrN2O2S. The summed E-state index contributed by atoms with van der Waals surface area (Å²) in [5.41, 5.74) is 5.98. The smallest absolute Gasteiger partial charge is 0.335 e. The summed E-state index contributed by atoms with van der Waals surface area (Å²) in [7, 11) is 0. The van der Waals surface area contributed by atoms with E-state index in [4.69, 9.17) is 10.8 Å². The number of rotatable bonds is 2. The highest BCUT2D eigenvalue weighted by atomic mass is 79.9. The Balaban J connectivity index is 3.08. The van der Waals surface area contributed by atoms with Crippen LogP contribution in [0.4, 0.5) is 5.69 Å². The fourth-order valence-electron chi connectivity index (χ4n) is 0.887. The minimum absolute atomic E-state index is 0.0910. The molecule has 4 nitrogen and oxygen atoms in total. The second-order valence-electron chi connectivity index (χ2n) is 2.49. The zero-order valence-electron chi connectivity index (χ0n) is 6.95. The Morgan fingerprint density at radius 2 is 2.21 bits per heavy atom. The number of carbonyl (C=O) groups is 1. The van der Waals surface area contributed by atoms with Gasteiger partial charge in [-0.3, -0.25) is 0 Å². The van der Waals surface area contributed by atoms with Crippen molar-refractivity contribution in [3.63, 3.8) is 0 Å². The number of hydrogen-bond acceptors (Lipinski definition) is 2. The van der Waals surface area contributed by atoms with Gasteiger partial charge in [-0.05, 0) is 46.3 Å². The van der Waals surface area contributed by atoms with Gasteiger partial charge in [0.2, 0.25) is 0 Å². The van der Waals surface area contributed by atoms with Crippen LogP contribution in [0.2, 0.25) is 0 Å². The highest BCUT2D eigenvalue weighted by Gasteiger charge is 2.06. The minimum atomic E-state index is -0.997. The zero-order chi connectivity index (χ0) is 10.7. The molecule has 0 heterocycles. The molecule has 6 heteroatoms. The summed E-state index contributed by atoms with van der Waals surface area (Å²) in [5, 5.41) is 11.5. The molecule has 74 valence electrons. The topological polar surface area (TPSA) is 75.3 Å². The van der Waals surface area contributed by atoms with Crippen molar-refractivity contribution in [2.24, 2.45) is 5.73 Å². The summed E-state index contributed by atoms with van der Waals surface area (Å²) < 4.78 is 0.704. The molecule has 1 aromatic carbocycles. The van der Waals surface area contributed by atoms with Crippen LogP contribution < -0.4 is 11.1 Å². The third-order valence-electron chi connectivity index (χ3n) is 1.47. The maximum absolute atomic E-state index is 10.6. The highest BCUT2D eigenvalue weighted by Crippen LogP contribution is 2.23. The minimum Gasteiger partial charge on any atom is -0.478 e. The zero-order valence-corrected chi connectivity index (χ0v) is 9.35. The van der Waals surface area contributed by atoms with Crippen molar-refractivity contribution in [3.05, 3.63) is 28.2 Å². The molecule has 0 aliphatic heterocycles. The number of carboxylic acids is 1. The van der Waals surface area contributed by atoms with Gasteiger partial charge in [-0.15, -0.1) is 0 Å². The molecule has 4 N–H and O–H groups in total. The third kappa shape index (κ3) is 2.68. The molecule has 0 aliphatic carbocycles. The summed E-state index contributed by atoms with van der Waals surface area (Å²) in [6, 6.07) is 4.55. The number of anilines is 1. The number of nitrogens with two attached hydrogens (primary N) is 1. The van der Waals surface area contributed by atoms with Gasteiger partial charge in [-0.2, -0.15) is 0 Å². The maximum atomic E-state index is 10.6. The van der Waals surface area contributed by atoms with Crippen LogP contribution in [0.3, 0.4) is 0 Å². The van der Waals surface area contributed by atoms with Crippen molar-refractivity contribution >= 4 is 44.9 Å². The van der Waals surface area contributed by atoms with Crippen LogP contribution in [-0.2, 0) is 0 Å². The Bertz CT molecular complexity index is 395. The summed E-state index contributed by atoms with van der Waals surface area (Å²) in [6.07, 6.45) is 0. The molecule has 0 bridgehead atoms. The number of benzene rings is 1. The molecule has 0 aromatic heterocycles. The molecule has 0 saturated carbocycles. The molecule has 0 fully saturated rings. The lowest BCUT2D eigenvalue weighted by Gasteiger charge is -2.06. The molecule has 14 heavy (non-hydrogen) atoms. The van der Waals surface area contributed by atoms with Gasteiger partial charge in [0.05, 0.1) is 11.3 Å². The number of aromatic carboxylic acids is 1. The van der Waals surface area contributed by atoms with E-state index in [9.17, 15) is 4.79 Å². The number of halogens is 1. The normalized spacial score (nSPS) is 9.50. The van der Waals surface area contributed by atoms with Gasteiger partial charge in [0.1, 0.15) is 0 Å². The molecule has 1 rings (SSSR count). The fourth-order valence-corrected chi connectivity index (χ4v) is 1.34. The predicted octanol–water partition coefficient (Wildman–Crippen LogP) is 1.80. The number of nitrogens with one attached hydrogen (secondary N) is 1. The van der Waals surface area contributed by atoms with Gasteiger partial charge in [0, 0.05) is 4.47 Å². The van der Waals surface area contributed by atoms with Crippen LogP contribution in [0.25, 0.3) is 0 Å². The quantitative estimate of drug-likeness (QED) is 0.718. The average Bonchev–Trinajstić information content (AvgIpc) is 2.07. The van der Waals surface area contributed by atoms with Crippen molar-refractivity contribution in [2.45, 2.75) is 0 Å². The summed E-state index contributed by atoms with van der Waals surface area (Å²) in [6.45, 7) is 0. The largest absolute Gasteiger partial charge is 0.478 e. The summed E-state index contributed by atoms with van der Waals surface area (Å²) >= 11 is 7.88. The Morgan fingerprint density at radius 3 is 2.71 bits per heavy atom. The predicted molar refractivity (Wildman–Crippen MR) is 61.5 cm³/mol. The molecule has 0 atom stereocenters. The summed E-state index contributed by atoms with van der Waals surface area (Å²) in [5.74, 6) is -0.997. The van der Waals surface area contributed by atoms with Crippen molar-refractivity contribution in [2.75, 3.05) is 5.32 Å². The Morgan fingerprint density at radius 1 is 1.57 bits per heavy atom. The number of thiocarbonyl (C=S) groups is 1. The SMILES string of the molecule is NC(=S)Nc1cc(C(=O)O)ccc1Br. The van der Waals surface area contributed by atoms with E-state index in [2.05, 4.69) is 33.5 Å². The molecule has 1 aromatic rings. The van der Waals surface area contributed by atoms with E-state index in [1.54, 1.807) is 6.07 Å². The lowest BCUT2D eigenvalue weighted by molar-refractivity contribution is 0.0697. The van der Waals surface area contributed by atoms with Crippen LogP contribution in [-0.4, -0.2) is 16.2 Å². The lowest BCUT2D eigenvalue weighted by atomic mass is 10.2. The van der Waals surface area contributed by atoms with Crippen LogP contribution in [0, 0.1) is 0 Å². The monoisotopic (exact) mass is 274 g/mol. The third-order valence-corrected chi connectivity index (χ3v) is 2.26. The Kier molecular flexibility index (Phi) is 3.43. The fraction of sp³-hybridized carbons (Fsp3) is 0. The molecule has 0 aliphatic rings. The van der Waals surface area contributed by atoms with Gasteiger partial charge in [-0.1, -0.05) is 0 Å². The molecule has 0 amide bonds. The van der Waals surface area contributed by atoms with E-state index in [0.717, 1.165) is 0 Å². The second kappa shape index (κ2) is 4.39. The standard InChI is InChI=1S/C8H7BrN2O2S/c9-5-2-1-4(7(12)13)3-6(5)11-8(10)14/h1-3H,(H,12,13)(H3,10,11,14). The van der Waals surface area contributed by atoms with Crippen molar-refractivity contribution < 1.29 is 9.90 Å². The molecule has 0 radical (unpaired) electrons. The molecule has 0 spiro atoms. The van der Waals surface area contributed by atoms with E-state index in [1.165, 1.54) is 12.1 Å². The van der Waals surface area contributed by atoms with E-state index in [-0.39, 0.29) is 10.7 Å². The van der Waals surface area contributed by atoms with Gasteiger partial charge >= 0.3 is 5.97 Å². The van der Waals surface area contributed by atoms with Crippen LogP contribution in [0.15, 0.2) is 22.7 Å². The van der Waals surface area contributed by atoms with Crippen molar-refractivity contribution in [3.8, 4) is 0 Å². The first kappa shape index (κ1) is 10.9. The molecular weight excluding hydrogens is 268 g/mol.